The number of carbonyl (C=O) groups excluding carboxylic acids is 1. The summed E-state index contributed by atoms with van der Waals surface area (Å²) in [7, 11) is 1.53. The van der Waals surface area contributed by atoms with Gasteiger partial charge < -0.3 is 14.5 Å². The third-order valence-corrected chi connectivity index (χ3v) is 7.57. The maximum absolute atomic E-state index is 14.6. The second-order valence-electron chi connectivity index (χ2n) is 12.5. The summed E-state index contributed by atoms with van der Waals surface area (Å²) >= 11 is 0. The SMILES string of the molecule is COc1ccccc1-c1[nH]c(C(OC(C)=O)C(F)(F)F)c2c1-c1cc(C(C)(C)C)cc3cc(C(C)(C)C)cc-2c13. The van der Waals surface area contributed by atoms with Crippen LogP contribution in [-0.2, 0) is 20.4 Å². The molecule has 5 rings (SSSR count). The summed E-state index contributed by atoms with van der Waals surface area (Å²) in [6.45, 7) is 13.6. The highest BCUT2D eigenvalue weighted by Crippen LogP contribution is 2.57. The maximum atomic E-state index is 14.6. The average Bonchev–Trinajstić information content (AvgIpc) is 3.38. The Balaban J connectivity index is 1.98. The standard InChI is InChI=1S/C33H34F3NO3/c1-17(38)40-30(33(34,35)36)29-27-23-16-20(32(5,6)7)14-18-13-19(31(2,3)4)15-22(25(18)23)26(27)28(37-29)21-11-9-10-12-24(21)39-8/h9-16,30,37H,1-8H3. The Morgan fingerprint density at radius 1 is 0.825 bits per heavy atom. The molecular formula is C33H34F3NO3. The van der Waals surface area contributed by atoms with Crippen LogP contribution in [0.1, 0.15) is 71.4 Å². The number of halogens is 3. The van der Waals surface area contributed by atoms with Crippen LogP contribution in [-0.4, -0.2) is 24.2 Å². The van der Waals surface area contributed by atoms with Crippen molar-refractivity contribution in [2.45, 2.75) is 71.6 Å². The van der Waals surface area contributed by atoms with Crippen LogP contribution in [0.15, 0.2) is 48.5 Å². The first-order chi connectivity index (χ1) is 18.5. The van der Waals surface area contributed by atoms with E-state index in [-0.39, 0.29) is 16.5 Å². The highest BCUT2D eigenvalue weighted by molar-refractivity contribution is 6.19. The second-order valence-corrected chi connectivity index (χ2v) is 12.5. The lowest BCUT2D eigenvalue weighted by molar-refractivity contribution is -0.223. The Labute approximate surface area is 232 Å². The molecule has 0 bridgehead atoms. The quantitative estimate of drug-likeness (QED) is 0.227. The highest BCUT2D eigenvalue weighted by atomic mass is 19.4. The number of carbonyl (C=O) groups is 1. The molecule has 1 aliphatic carbocycles. The van der Waals surface area contributed by atoms with E-state index in [0.717, 1.165) is 34.4 Å². The summed E-state index contributed by atoms with van der Waals surface area (Å²) in [5, 5.41) is 1.86. The van der Waals surface area contributed by atoms with Crippen LogP contribution in [0.4, 0.5) is 13.2 Å². The van der Waals surface area contributed by atoms with Gasteiger partial charge >= 0.3 is 12.1 Å². The number of aromatic nitrogens is 1. The van der Waals surface area contributed by atoms with Crippen LogP contribution in [0.3, 0.4) is 0 Å². The van der Waals surface area contributed by atoms with Crippen molar-refractivity contribution in [3.63, 3.8) is 0 Å². The molecule has 0 amide bonds. The van der Waals surface area contributed by atoms with Crippen molar-refractivity contribution in [2.75, 3.05) is 7.11 Å². The number of fused-ring (bicyclic) bond motifs is 3. The summed E-state index contributed by atoms with van der Waals surface area (Å²) in [5.74, 6) is -0.493. The van der Waals surface area contributed by atoms with E-state index in [0.29, 0.717) is 33.7 Å². The predicted octanol–water partition coefficient (Wildman–Crippen LogP) is 9.25. The van der Waals surface area contributed by atoms with Gasteiger partial charge in [0.2, 0.25) is 6.10 Å². The molecule has 4 nitrogen and oxygen atoms in total. The molecule has 1 heterocycles. The summed E-state index contributed by atoms with van der Waals surface area (Å²) in [6.07, 6.45) is -7.30. The first kappa shape index (κ1) is 27.8. The number of esters is 1. The fraction of sp³-hybridized carbons (Fsp3) is 0.364. The van der Waals surface area contributed by atoms with Crippen LogP contribution in [0.2, 0.25) is 0 Å². The van der Waals surface area contributed by atoms with Gasteiger partial charge in [-0.3, -0.25) is 4.79 Å². The van der Waals surface area contributed by atoms with Gasteiger partial charge in [-0.1, -0.05) is 65.8 Å². The van der Waals surface area contributed by atoms with Crippen LogP contribution in [0.5, 0.6) is 5.75 Å². The highest BCUT2D eigenvalue weighted by Gasteiger charge is 2.48. The predicted molar refractivity (Wildman–Crippen MR) is 153 cm³/mol. The van der Waals surface area contributed by atoms with Gasteiger partial charge in [-0.05, 0) is 68.1 Å². The molecule has 0 aliphatic heterocycles. The monoisotopic (exact) mass is 549 g/mol. The van der Waals surface area contributed by atoms with E-state index in [1.165, 1.54) is 7.11 Å². The topological polar surface area (TPSA) is 51.3 Å². The maximum Gasteiger partial charge on any atom is 0.431 e. The third-order valence-electron chi connectivity index (χ3n) is 7.57. The van der Waals surface area contributed by atoms with E-state index in [9.17, 15) is 18.0 Å². The number of benzene rings is 3. The van der Waals surface area contributed by atoms with Gasteiger partial charge in [-0.15, -0.1) is 0 Å². The molecule has 1 atom stereocenters. The molecule has 0 spiro atoms. The Morgan fingerprint density at radius 2 is 1.38 bits per heavy atom. The van der Waals surface area contributed by atoms with Crippen molar-refractivity contribution < 1.29 is 27.4 Å². The smallest absolute Gasteiger partial charge is 0.431 e. The zero-order valence-electron chi connectivity index (χ0n) is 24.1. The van der Waals surface area contributed by atoms with Crippen molar-refractivity contribution in [2.24, 2.45) is 0 Å². The van der Waals surface area contributed by atoms with Crippen LogP contribution < -0.4 is 4.74 Å². The number of ether oxygens (including phenoxy) is 2. The van der Waals surface area contributed by atoms with Crippen molar-refractivity contribution in [3.8, 4) is 39.3 Å². The minimum absolute atomic E-state index is 0.195. The van der Waals surface area contributed by atoms with Crippen molar-refractivity contribution >= 4 is 16.7 Å². The molecule has 7 heteroatoms. The molecule has 4 aromatic rings. The number of methoxy groups -OCH3 is 1. The zero-order valence-corrected chi connectivity index (χ0v) is 24.1. The molecule has 1 aliphatic rings. The second kappa shape index (κ2) is 9.15. The van der Waals surface area contributed by atoms with E-state index in [1.54, 1.807) is 6.07 Å². The molecule has 1 N–H and O–H groups in total. The molecule has 3 aromatic carbocycles. The number of hydrogen-bond acceptors (Lipinski definition) is 3. The molecule has 210 valence electrons. The van der Waals surface area contributed by atoms with E-state index < -0.39 is 18.2 Å². The van der Waals surface area contributed by atoms with Crippen molar-refractivity contribution in [3.05, 3.63) is 65.4 Å². The van der Waals surface area contributed by atoms with E-state index in [1.807, 2.05) is 24.3 Å². The summed E-state index contributed by atoms with van der Waals surface area (Å²) in [5.41, 5.74) is 5.12. The number of H-pyrrole nitrogens is 1. The van der Waals surface area contributed by atoms with E-state index in [4.69, 9.17) is 9.47 Å². The Kier molecular flexibility index (Phi) is 6.36. The number of para-hydroxylation sites is 1. The minimum Gasteiger partial charge on any atom is -0.496 e. The fourth-order valence-corrected chi connectivity index (χ4v) is 5.55. The molecule has 1 unspecified atom stereocenters. The Bertz CT molecular complexity index is 1640. The zero-order chi connectivity index (χ0) is 29.4. The number of alkyl halides is 3. The van der Waals surface area contributed by atoms with Gasteiger partial charge in [-0.2, -0.15) is 13.2 Å². The third kappa shape index (κ3) is 4.55. The minimum atomic E-state index is -4.84. The van der Waals surface area contributed by atoms with E-state index in [2.05, 4.69) is 64.7 Å². The van der Waals surface area contributed by atoms with Crippen molar-refractivity contribution in [1.29, 1.82) is 0 Å². The summed E-state index contributed by atoms with van der Waals surface area (Å²) < 4.78 is 54.3. The lowest BCUT2D eigenvalue weighted by Gasteiger charge is -2.24. The molecule has 0 radical (unpaired) electrons. The number of aromatic amines is 1. The van der Waals surface area contributed by atoms with Crippen LogP contribution >= 0.6 is 0 Å². The number of hydrogen-bond donors (Lipinski definition) is 1. The largest absolute Gasteiger partial charge is 0.496 e. The van der Waals surface area contributed by atoms with Gasteiger partial charge in [0.25, 0.3) is 0 Å². The van der Waals surface area contributed by atoms with Crippen LogP contribution in [0, 0.1) is 0 Å². The molecule has 0 saturated heterocycles. The van der Waals surface area contributed by atoms with Crippen molar-refractivity contribution in [1.82, 2.24) is 4.98 Å². The Morgan fingerprint density at radius 3 is 1.88 bits per heavy atom. The molecule has 40 heavy (non-hydrogen) atoms. The van der Waals surface area contributed by atoms with Gasteiger partial charge in [-0.25, -0.2) is 0 Å². The fourth-order valence-electron chi connectivity index (χ4n) is 5.55. The lowest BCUT2D eigenvalue weighted by Crippen LogP contribution is -2.26. The van der Waals surface area contributed by atoms with Gasteiger partial charge in [0.1, 0.15) is 5.75 Å². The first-order valence-corrected chi connectivity index (χ1v) is 13.3. The summed E-state index contributed by atoms with van der Waals surface area (Å²) in [6, 6.07) is 15.6. The number of rotatable bonds is 4. The van der Waals surface area contributed by atoms with Gasteiger partial charge in [0, 0.05) is 23.6 Å². The molecule has 0 fully saturated rings. The molecule has 1 aromatic heterocycles. The van der Waals surface area contributed by atoms with E-state index >= 15 is 0 Å². The van der Waals surface area contributed by atoms with Gasteiger partial charge in [0.15, 0.2) is 0 Å². The van der Waals surface area contributed by atoms with Gasteiger partial charge in [0.05, 0.1) is 18.5 Å². The summed E-state index contributed by atoms with van der Waals surface area (Å²) in [4.78, 5) is 15.0. The molecular weight excluding hydrogens is 515 g/mol. The normalized spacial score (nSPS) is 13.9. The number of nitrogens with one attached hydrogen (secondary N) is 1. The van der Waals surface area contributed by atoms with Crippen LogP contribution in [0.25, 0.3) is 44.3 Å². The lowest BCUT2D eigenvalue weighted by atomic mass is 9.81. The first-order valence-electron chi connectivity index (χ1n) is 13.3. The average molecular weight is 550 g/mol. The Hall–Kier alpha value is -3.74. The molecule has 0 saturated carbocycles.